The molecule has 3 rings (SSSR count). The monoisotopic (exact) mass is 303 g/mol. The minimum Gasteiger partial charge on any atom is -0.489 e. The van der Waals surface area contributed by atoms with Crippen molar-refractivity contribution < 1.29 is 14.3 Å². The molecule has 1 aliphatic heterocycles. The van der Waals surface area contributed by atoms with Gasteiger partial charge in [0.1, 0.15) is 12.4 Å². The van der Waals surface area contributed by atoms with Crippen molar-refractivity contribution in [2.45, 2.75) is 18.9 Å². The van der Waals surface area contributed by atoms with Crippen LogP contribution in [0.15, 0.2) is 41.8 Å². The maximum atomic E-state index is 12.1. The van der Waals surface area contributed by atoms with Crippen molar-refractivity contribution >= 4 is 22.9 Å². The molecule has 0 bridgehead atoms. The van der Waals surface area contributed by atoms with E-state index in [-0.39, 0.29) is 12.0 Å². The van der Waals surface area contributed by atoms with Gasteiger partial charge in [0.25, 0.3) is 5.91 Å². The molecule has 0 aliphatic carbocycles. The lowest BCUT2D eigenvalue weighted by Crippen LogP contribution is -2.17. The largest absolute Gasteiger partial charge is 0.489 e. The molecule has 1 saturated heterocycles. The molecule has 5 heteroatoms. The fourth-order valence-corrected chi connectivity index (χ4v) is 2.86. The summed E-state index contributed by atoms with van der Waals surface area (Å²) in [6.45, 7) is 1.33. The molecule has 1 aromatic carbocycles. The summed E-state index contributed by atoms with van der Waals surface area (Å²) in [7, 11) is 0. The Kier molecular flexibility index (Phi) is 4.52. The Morgan fingerprint density at radius 1 is 1.33 bits per heavy atom. The summed E-state index contributed by atoms with van der Waals surface area (Å²) in [5.74, 6) is 0.566. The first kappa shape index (κ1) is 14.1. The van der Waals surface area contributed by atoms with Crippen LogP contribution in [0.2, 0.25) is 0 Å². The van der Waals surface area contributed by atoms with Gasteiger partial charge in [0, 0.05) is 6.61 Å². The Bertz CT molecular complexity index is 591. The minimum atomic E-state index is -0.113. The van der Waals surface area contributed by atoms with Crippen LogP contribution in [0, 0.1) is 0 Å². The Labute approximate surface area is 127 Å². The Morgan fingerprint density at radius 3 is 3.00 bits per heavy atom. The highest BCUT2D eigenvalue weighted by Crippen LogP contribution is 2.26. The quantitative estimate of drug-likeness (QED) is 0.918. The van der Waals surface area contributed by atoms with Gasteiger partial charge in [-0.15, -0.1) is 11.3 Å². The average Bonchev–Trinajstić information content (AvgIpc) is 3.20. The molecule has 1 N–H and O–H groups in total. The summed E-state index contributed by atoms with van der Waals surface area (Å²) in [5.41, 5.74) is 0.689. The molecule has 1 amide bonds. The van der Waals surface area contributed by atoms with Crippen molar-refractivity contribution in [3.8, 4) is 5.75 Å². The summed E-state index contributed by atoms with van der Waals surface area (Å²) in [4.78, 5) is 12.8. The fraction of sp³-hybridized carbons (Fsp3) is 0.312. The molecule has 110 valence electrons. The number of hydrogen-bond acceptors (Lipinski definition) is 4. The number of benzene rings is 1. The number of anilines is 1. The van der Waals surface area contributed by atoms with Crippen molar-refractivity contribution in [2.75, 3.05) is 18.5 Å². The first-order valence-electron chi connectivity index (χ1n) is 7.01. The van der Waals surface area contributed by atoms with E-state index in [2.05, 4.69) is 5.32 Å². The number of ether oxygens (including phenoxy) is 2. The van der Waals surface area contributed by atoms with Crippen LogP contribution in [0.1, 0.15) is 22.5 Å². The zero-order valence-electron chi connectivity index (χ0n) is 11.6. The van der Waals surface area contributed by atoms with E-state index in [1.807, 2.05) is 35.7 Å². The number of thiophene rings is 1. The summed E-state index contributed by atoms with van der Waals surface area (Å²) < 4.78 is 11.3. The van der Waals surface area contributed by atoms with Crippen LogP contribution in [0.25, 0.3) is 0 Å². The van der Waals surface area contributed by atoms with Crippen molar-refractivity contribution in [3.05, 3.63) is 46.7 Å². The van der Waals surface area contributed by atoms with Gasteiger partial charge in [0.2, 0.25) is 0 Å². The van der Waals surface area contributed by atoms with Crippen molar-refractivity contribution in [1.29, 1.82) is 0 Å². The molecule has 0 spiro atoms. The van der Waals surface area contributed by atoms with Gasteiger partial charge in [-0.1, -0.05) is 18.2 Å². The number of nitrogens with one attached hydrogen (secondary N) is 1. The maximum absolute atomic E-state index is 12.1. The van der Waals surface area contributed by atoms with Crippen molar-refractivity contribution in [1.82, 2.24) is 0 Å². The van der Waals surface area contributed by atoms with E-state index in [1.165, 1.54) is 11.3 Å². The third-order valence-corrected chi connectivity index (χ3v) is 4.20. The number of carbonyl (C=O) groups excluding carboxylic acids is 1. The molecular formula is C16H17NO3S. The Morgan fingerprint density at radius 2 is 2.24 bits per heavy atom. The summed E-state index contributed by atoms with van der Waals surface area (Å²) >= 11 is 1.42. The molecule has 1 atom stereocenters. The van der Waals surface area contributed by atoms with Crippen LogP contribution in [-0.4, -0.2) is 25.2 Å². The lowest BCUT2D eigenvalue weighted by molar-refractivity contribution is 0.0682. The van der Waals surface area contributed by atoms with E-state index in [4.69, 9.17) is 9.47 Å². The predicted molar refractivity (Wildman–Crippen MR) is 83.2 cm³/mol. The van der Waals surface area contributed by atoms with Crippen molar-refractivity contribution in [2.24, 2.45) is 0 Å². The van der Waals surface area contributed by atoms with Gasteiger partial charge in [0.05, 0.1) is 16.7 Å². The van der Waals surface area contributed by atoms with Crippen LogP contribution >= 0.6 is 11.3 Å². The summed E-state index contributed by atoms with van der Waals surface area (Å²) in [6.07, 6.45) is 2.28. The predicted octanol–water partition coefficient (Wildman–Crippen LogP) is 3.56. The highest BCUT2D eigenvalue weighted by molar-refractivity contribution is 7.12. The molecule has 0 radical (unpaired) electrons. The van der Waals surface area contributed by atoms with Crippen molar-refractivity contribution in [3.63, 3.8) is 0 Å². The van der Waals surface area contributed by atoms with E-state index in [1.54, 1.807) is 6.07 Å². The van der Waals surface area contributed by atoms with Crippen LogP contribution in [-0.2, 0) is 4.74 Å². The molecule has 1 unspecified atom stereocenters. The first-order chi connectivity index (χ1) is 10.3. The van der Waals surface area contributed by atoms with Gasteiger partial charge in [-0.25, -0.2) is 0 Å². The zero-order valence-corrected chi connectivity index (χ0v) is 12.4. The summed E-state index contributed by atoms with van der Waals surface area (Å²) in [5, 5.41) is 4.78. The van der Waals surface area contributed by atoms with E-state index < -0.39 is 0 Å². The first-order valence-corrected chi connectivity index (χ1v) is 7.89. The molecule has 21 heavy (non-hydrogen) atoms. The van der Waals surface area contributed by atoms with Gasteiger partial charge >= 0.3 is 0 Å². The molecule has 1 aliphatic rings. The highest BCUT2D eigenvalue weighted by atomic mass is 32.1. The molecule has 0 saturated carbocycles. The third kappa shape index (κ3) is 3.62. The Balaban J connectivity index is 1.65. The SMILES string of the molecule is O=C(Nc1ccccc1OCC1CCCO1)c1cccs1. The average molecular weight is 303 g/mol. The minimum absolute atomic E-state index is 0.113. The highest BCUT2D eigenvalue weighted by Gasteiger charge is 2.17. The number of amides is 1. The number of hydrogen-bond donors (Lipinski definition) is 1. The van der Waals surface area contributed by atoms with Gasteiger partial charge in [-0.05, 0) is 36.4 Å². The topological polar surface area (TPSA) is 47.6 Å². The maximum Gasteiger partial charge on any atom is 0.265 e. The second-order valence-corrected chi connectivity index (χ2v) is 5.82. The molecule has 1 aromatic heterocycles. The van der Waals surface area contributed by atoms with Gasteiger partial charge in [-0.2, -0.15) is 0 Å². The van der Waals surface area contributed by atoms with E-state index in [9.17, 15) is 4.79 Å². The molecular weight excluding hydrogens is 286 g/mol. The molecule has 2 aromatic rings. The van der Waals surface area contributed by atoms with Gasteiger partial charge in [0.15, 0.2) is 0 Å². The normalized spacial score (nSPS) is 17.6. The number of para-hydroxylation sites is 2. The molecule has 2 heterocycles. The molecule has 4 nitrogen and oxygen atoms in total. The van der Waals surface area contributed by atoms with Gasteiger partial charge in [-0.3, -0.25) is 4.79 Å². The van der Waals surface area contributed by atoms with E-state index in [0.29, 0.717) is 22.9 Å². The zero-order chi connectivity index (χ0) is 14.5. The lowest BCUT2D eigenvalue weighted by atomic mass is 10.2. The second-order valence-electron chi connectivity index (χ2n) is 4.87. The van der Waals surface area contributed by atoms with Crippen LogP contribution < -0.4 is 10.1 Å². The smallest absolute Gasteiger partial charge is 0.265 e. The number of rotatable bonds is 5. The summed E-state index contributed by atoms with van der Waals surface area (Å²) in [6, 6.07) is 11.1. The van der Waals surface area contributed by atoms with Gasteiger partial charge < -0.3 is 14.8 Å². The lowest BCUT2D eigenvalue weighted by Gasteiger charge is -2.14. The fourth-order valence-electron chi connectivity index (χ4n) is 2.25. The van der Waals surface area contributed by atoms with Crippen LogP contribution in [0.3, 0.4) is 0 Å². The molecule has 1 fully saturated rings. The van der Waals surface area contributed by atoms with Crippen LogP contribution in [0.4, 0.5) is 5.69 Å². The third-order valence-electron chi connectivity index (χ3n) is 3.33. The Hall–Kier alpha value is -1.85. The number of carbonyl (C=O) groups is 1. The van der Waals surface area contributed by atoms with E-state index in [0.717, 1.165) is 19.4 Å². The van der Waals surface area contributed by atoms with E-state index >= 15 is 0 Å². The second kappa shape index (κ2) is 6.74. The standard InChI is InChI=1S/C16H17NO3S/c18-16(15-8-4-10-21-15)17-13-6-1-2-7-14(13)20-11-12-5-3-9-19-12/h1-2,4,6-8,10,12H,3,5,9,11H2,(H,17,18). The van der Waals surface area contributed by atoms with Crippen LogP contribution in [0.5, 0.6) is 5.75 Å².